The molecule has 7 nitrogen and oxygen atoms in total. The van der Waals surface area contributed by atoms with Gasteiger partial charge in [-0.25, -0.2) is 8.42 Å². The van der Waals surface area contributed by atoms with Crippen LogP contribution in [0.3, 0.4) is 0 Å². The average molecular weight is 422 g/mol. The van der Waals surface area contributed by atoms with Crippen molar-refractivity contribution in [3.8, 4) is 0 Å². The third kappa shape index (κ3) is 3.50. The minimum Gasteiger partial charge on any atom is -0.396 e. The van der Waals surface area contributed by atoms with Crippen molar-refractivity contribution in [2.75, 3.05) is 44.7 Å². The van der Waals surface area contributed by atoms with Crippen molar-refractivity contribution < 1.29 is 18.3 Å². The van der Waals surface area contributed by atoms with Gasteiger partial charge in [-0.3, -0.25) is 4.79 Å². The summed E-state index contributed by atoms with van der Waals surface area (Å²) in [6, 6.07) is 5.19. The molecule has 1 aromatic carbocycles. The Morgan fingerprint density at radius 2 is 2.00 bits per heavy atom. The van der Waals surface area contributed by atoms with Crippen LogP contribution in [0.25, 0.3) is 0 Å². The number of carbonyl (C=O) groups is 1. The summed E-state index contributed by atoms with van der Waals surface area (Å²) in [4.78, 5) is 16.1. The molecule has 2 fully saturated rings. The number of carbonyl (C=O) groups excluding carboxylic acids is 1. The zero-order valence-corrected chi connectivity index (χ0v) is 18.1. The van der Waals surface area contributed by atoms with Gasteiger partial charge >= 0.3 is 0 Å². The molecule has 2 atom stereocenters. The molecule has 160 valence electrons. The third-order valence-corrected chi connectivity index (χ3v) is 9.02. The maximum atomic E-state index is 13.4. The monoisotopic (exact) mass is 421 g/mol. The van der Waals surface area contributed by atoms with E-state index in [0.717, 1.165) is 43.5 Å². The highest BCUT2D eigenvalue weighted by Crippen LogP contribution is 2.43. The lowest BCUT2D eigenvalue weighted by atomic mass is 9.69. The van der Waals surface area contributed by atoms with E-state index >= 15 is 0 Å². The topological polar surface area (TPSA) is 81.2 Å². The molecule has 0 aromatic heterocycles. The maximum Gasteiger partial charge on any atom is 0.243 e. The number of sulfonamides is 1. The minimum atomic E-state index is -3.62. The molecule has 0 bridgehead atoms. The Labute approximate surface area is 173 Å². The molecule has 8 heteroatoms. The van der Waals surface area contributed by atoms with Crippen LogP contribution in [0.2, 0.25) is 0 Å². The first-order chi connectivity index (χ1) is 13.8. The van der Waals surface area contributed by atoms with E-state index in [9.17, 15) is 18.3 Å². The van der Waals surface area contributed by atoms with E-state index in [1.165, 1.54) is 0 Å². The van der Waals surface area contributed by atoms with Gasteiger partial charge in [-0.15, -0.1) is 0 Å². The zero-order chi connectivity index (χ0) is 20.8. The number of rotatable bonds is 3. The van der Waals surface area contributed by atoms with Crippen molar-refractivity contribution in [3.05, 3.63) is 23.8 Å². The predicted octanol–water partition coefficient (Wildman–Crippen LogP) is 1.45. The van der Waals surface area contributed by atoms with Crippen molar-refractivity contribution >= 4 is 21.6 Å². The summed E-state index contributed by atoms with van der Waals surface area (Å²) in [6.07, 6.45) is 4.29. The molecule has 3 aliphatic rings. The van der Waals surface area contributed by atoms with E-state index < -0.39 is 10.0 Å². The van der Waals surface area contributed by atoms with E-state index in [4.69, 9.17) is 0 Å². The molecule has 0 spiro atoms. The number of hydrogen-bond acceptors (Lipinski definition) is 5. The smallest absolute Gasteiger partial charge is 0.243 e. The normalized spacial score (nSPS) is 28.7. The van der Waals surface area contributed by atoms with Gasteiger partial charge < -0.3 is 14.9 Å². The van der Waals surface area contributed by atoms with Crippen molar-refractivity contribution in [3.63, 3.8) is 0 Å². The molecule has 0 radical (unpaired) electrons. The SMILES string of the molecule is CC(=O)N1CCCc2cc(S(=O)(=O)N3CC[C@@]4(CO)CCCN(C)[C@@H]4C3)ccc21. The lowest BCUT2D eigenvalue weighted by molar-refractivity contribution is -0.116. The Hall–Kier alpha value is -1.48. The van der Waals surface area contributed by atoms with E-state index in [-0.39, 0.29) is 24.0 Å². The van der Waals surface area contributed by atoms with Crippen LogP contribution < -0.4 is 4.90 Å². The van der Waals surface area contributed by atoms with Gasteiger partial charge in [0.2, 0.25) is 15.9 Å². The summed E-state index contributed by atoms with van der Waals surface area (Å²) < 4.78 is 28.4. The molecule has 3 heterocycles. The molecule has 1 amide bonds. The number of aliphatic hydroxyl groups is 1. The summed E-state index contributed by atoms with van der Waals surface area (Å²) in [6.45, 7) is 4.11. The molecule has 29 heavy (non-hydrogen) atoms. The summed E-state index contributed by atoms with van der Waals surface area (Å²) in [5, 5.41) is 10.1. The molecule has 2 saturated heterocycles. The number of aryl methyl sites for hydroxylation is 1. The fraction of sp³-hybridized carbons (Fsp3) is 0.667. The molecule has 0 saturated carbocycles. The fourth-order valence-corrected chi connectivity index (χ4v) is 6.92. The Bertz CT molecular complexity index is 903. The van der Waals surface area contributed by atoms with Crippen LogP contribution in [0.4, 0.5) is 5.69 Å². The summed E-state index contributed by atoms with van der Waals surface area (Å²) in [5.41, 5.74) is 1.55. The average Bonchev–Trinajstić information content (AvgIpc) is 2.72. The van der Waals surface area contributed by atoms with Gasteiger partial charge in [0.05, 0.1) is 11.5 Å². The molecular weight excluding hydrogens is 390 g/mol. The predicted molar refractivity (Wildman–Crippen MR) is 111 cm³/mol. The number of likely N-dealkylation sites (tertiary alicyclic amines) is 1. The van der Waals surface area contributed by atoms with Crippen molar-refractivity contribution in [1.82, 2.24) is 9.21 Å². The molecule has 1 aromatic rings. The van der Waals surface area contributed by atoms with Crippen molar-refractivity contribution in [1.29, 1.82) is 0 Å². The van der Waals surface area contributed by atoms with E-state index in [1.54, 1.807) is 34.3 Å². The highest BCUT2D eigenvalue weighted by molar-refractivity contribution is 7.89. The second kappa shape index (κ2) is 7.65. The number of benzene rings is 1. The van der Waals surface area contributed by atoms with Gasteiger partial charge in [0.25, 0.3) is 0 Å². The van der Waals surface area contributed by atoms with Gasteiger partial charge in [-0.05, 0) is 69.5 Å². The highest BCUT2D eigenvalue weighted by Gasteiger charge is 2.48. The van der Waals surface area contributed by atoms with Crippen LogP contribution in [0, 0.1) is 5.41 Å². The van der Waals surface area contributed by atoms with Crippen molar-refractivity contribution in [2.45, 2.75) is 50.0 Å². The number of likely N-dealkylation sites (N-methyl/N-ethyl adjacent to an activating group) is 1. The molecule has 1 N–H and O–H groups in total. The Kier molecular flexibility index (Phi) is 5.48. The van der Waals surface area contributed by atoms with E-state index in [0.29, 0.717) is 31.0 Å². The van der Waals surface area contributed by atoms with Gasteiger partial charge in [0, 0.05) is 43.7 Å². The van der Waals surface area contributed by atoms with Crippen LogP contribution in [0.1, 0.15) is 38.2 Å². The summed E-state index contributed by atoms with van der Waals surface area (Å²) >= 11 is 0. The van der Waals surface area contributed by atoms with Crippen molar-refractivity contribution in [2.24, 2.45) is 5.41 Å². The number of amides is 1. The van der Waals surface area contributed by atoms with Gasteiger partial charge in [0.15, 0.2) is 0 Å². The van der Waals surface area contributed by atoms with Crippen LogP contribution in [0.5, 0.6) is 0 Å². The van der Waals surface area contributed by atoms with E-state index in [1.807, 2.05) is 7.05 Å². The molecular formula is C21H31N3O4S. The third-order valence-electron chi connectivity index (χ3n) is 7.16. The molecule has 3 aliphatic heterocycles. The number of nitrogens with zero attached hydrogens (tertiary/aromatic N) is 3. The van der Waals surface area contributed by atoms with Crippen LogP contribution in [0.15, 0.2) is 23.1 Å². The second-order valence-corrected chi connectivity index (χ2v) is 10.7. The second-order valence-electron chi connectivity index (χ2n) is 8.80. The van der Waals surface area contributed by atoms with Crippen LogP contribution >= 0.6 is 0 Å². The quantitative estimate of drug-likeness (QED) is 0.799. The lowest BCUT2D eigenvalue weighted by Gasteiger charge is -2.53. The number of anilines is 1. The number of hydrogen-bond donors (Lipinski definition) is 1. The standard InChI is InChI=1S/C21H31N3O4S/c1-16(26)24-11-3-5-17-13-18(6-7-19(17)24)29(27,28)23-12-9-21(15-25)8-4-10-22(2)20(21)14-23/h6-7,13,20,25H,3-5,8-12,14-15H2,1-2H3/t20-,21-/m1/s1. The Morgan fingerprint density at radius 3 is 2.72 bits per heavy atom. The van der Waals surface area contributed by atoms with Crippen LogP contribution in [-0.2, 0) is 21.2 Å². The first-order valence-corrected chi connectivity index (χ1v) is 11.9. The van der Waals surface area contributed by atoms with Gasteiger partial charge in [0.1, 0.15) is 0 Å². The largest absolute Gasteiger partial charge is 0.396 e. The van der Waals surface area contributed by atoms with Gasteiger partial charge in [-0.2, -0.15) is 4.31 Å². The molecule has 4 rings (SSSR count). The first kappa shape index (κ1) is 20.8. The number of piperidine rings is 2. The number of aliphatic hydroxyl groups excluding tert-OH is 1. The highest BCUT2D eigenvalue weighted by atomic mass is 32.2. The number of fused-ring (bicyclic) bond motifs is 2. The van der Waals surface area contributed by atoms with Gasteiger partial charge in [-0.1, -0.05) is 0 Å². The van der Waals surface area contributed by atoms with Crippen LogP contribution in [-0.4, -0.2) is 74.5 Å². The molecule has 0 aliphatic carbocycles. The maximum absolute atomic E-state index is 13.4. The van der Waals surface area contributed by atoms with E-state index in [2.05, 4.69) is 4.90 Å². The molecule has 0 unspecified atom stereocenters. The first-order valence-electron chi connectivity index (χ1n) is 10.5. The lowest BCUT2D eigenvalue weighted by Crippen LogP contribution is -2.62. The Balaban J connectivity index is 1.62. The zero-order valence-electron chi connectivity index (χ0n) is 17.3. The minimum absolute atomic E-state index is 0.0155. The Morgan fingerprint density at radius 1 is 1.21 bits per heavy atom. The summed E-state index contributed by atoms with van der Waals surface area (Å²) in [7, 11) is -1.59. The fourth-order valence-electron chi connectivity index (χ4n) is 5.42. The summed E-state index contributed by atoms with van der Waals surface area (Å²) in [5.74, 6) is -0.0155.